The molecule has 0 saturated carbocycles. The van der Waals surface area contributed by atoms with Gasteiger partial charge in [-0.25, -0.2) is 0 Å². The van der Waals surface area contributed by atoms with Crippen molar-refractivity contribution in [2.75, 3.05) is 11.9 Å². The number of aromatic nitrogens is 3. The van der Waals surface area contributed by atoms with Crippen LogP contribution in [0.4, 0.5) is 5.69 Å². The van der Waals surface area contributed by atoms with Crippen molar-refractivity contribution in [3.8, 4) is 0 Å². The average molecular weight is 273 g/mol. The maximum Gasteiger partial charge on any atom is 0.253 e. The molecule has 2 N–H and O–H groups in total. The van der Waals surface area contributed by atoms with Gasteiger partial charge >= 0.3 is 0 Å². The van der Waals surface area contributed by atoms with E-state index in [1.54, 1.807) is 10.9 Å². The molecular formula is C14H19N5O. The Morgan fingerprint density at radius 2 is 2.20 bits per heavy atom. The van der Waals surface area contributed by atoms with E-state index in [1.807, 2.05) is 39.1 Å². The van der Waals surface area contributed by atoms with E-state index in [1.165, 1.54) is 0 Å². The van der Waals surface area contributed by atoms with Gasteiger partial charge in [0.2, 0.25) is 0 Å². The summed E-state index contributed by atoms with van der Waals surface area (Å²) in [6.45, 7) is 5.09. The summed E-state index contributed by atoms with van der Waals surface area (Å²) in [6.07, 6.45) is 1.61. The van der Waals surface area contributed by atoms with Crippen LogP contribution in [0.1, 0.15) is 28.7 Å². The molecule has 0 fully saturated rings. The van der Waals surface area contributed by atoms with Crippen LogP contribution in [0.3, 0.4) is 0 Å². The average Bonchev–Trinajstić information content (AvgIpc) is 2.84. The van der Waals surface area contributed by atoms with Crippen molar-refractivity contribution in [1.29, 1.82) is 0 Å². The number of hydrogen-bond acceptors (Lipinski definition) is 4. The topological polar surface area (TPSA) is 71.8 Å². The zero-order valence-electron chi connectivity index (χ0n) is 12.0. The molecule has 0 aliphatic rings. The molecule has 2 rings (SSSR count). The number of benzene rings is 1. The standard InChI is InChI=1S/C14H19N5O/c1-4-15-12-6-5-10(2)7-11(12)14(20)16-8-13-18-17-9-19(13)3/h5-7,9,15H,4,8H2,1-3H3,(H,16,20). The number of carbonyl (C=O) groups excluding carboxylic acids is 1. The molecule has 0 radical (unpaired) electrons. The van der Waals surface area contributed by atoms with Crippen LogP contribution in [-0.4, -0.2) is 27.2 Å². The molecule has 6 nitrogen and oxygen atoms in total. The predicted octanol–water partition coefficient (Wildman–Crippen LogP) is 1.49. The van der Waals surface area contributed by atoms with Crippen LogP contribution in [0.15, 0.2) is 24.5 Å². The summed E-state index contributed by atoms with van der Waals surface area (Å²) in [6, 6.07) is 5.79. The van der Waals surface area contributed by atoms with Crippen molar-refractivity contribution < 1.29 is 4.79 Å². The lowest BCUT2D eigenvalue weighted by Gasteiger charge is -2.11. The van der Waals surface area contributed by atoms with Crippen molar-refractivity contribution in [2.24, 2.45) is 7.05 Å². The van der Waals surface area contributed by atoms with E-state index < -0.39 is 0 Å². The zero-order valence-corrected chi connectivity index (χ0v) is 12.0. The molecule has 0 unspecified atom stereocenters. The Morgan fingerprint density at radius 1 is 1.40 bits per heavy atom. The highest BCUT2D eigenvalue weighted by molar-refractivity contribution is 5.99. The quantitative estimate of drug-likeness (QED) is 0.865. The minimum absolute atomic E-state index is 0.118. The maximum absolute atomic E-state index is 12.3. The molecule has 0 bridgehead atoms. The highest BCUT2D eigenvalue weighted by Crippen LogP contribution is 2.17. The van der Waals surface area contributed by atoms with Gasteiger partial charge in [-0.2, -0.15) is 0 Å². The second-order valence-corrected chi connectivity index (χ2v) is 4.62. The summed E-state index contributed by atoms with van der Waals surface area (Å²) < 4.78 is 1.78. The Hall–Kier alpha value is -2.37. The summed E-state index contributed by atoms with van der Waals surface area (Å²) >= 11 is 0. The normalized spacial score (nSPS) is 10.3. The Balaban J connectivity index is 2.12. The van der Waals surface area contributed by atoms with Crippen LogP contribution in [0.2, 0.25) is 0 Å². The molecule has 0 saturated heterocycles. The lowest BCUT2D eigenvalue weighted by atomic mass is 10.1. The van der Waals surface area contributed by atoms with Crippen LogP contribution in [0.5, 0.6) is 0 Å². The summed E-state index contributed by atoms with van der Waals surface area (Å²) in [5, 5.41) is 13.8. The summed E-state index contributed by atoms with van der Waals surface area (Å²) in [5.74, 6) is 0.601. The lowest BCUT2D eigenvalue weighted by Crippen LogP contribution is -2.25. The van der Waals surface area contributed by atoms with Crippen LogP contribution in [0.25, 0.3) is 0 Å². The molecule has 6 heteroatoms. The summed E-state index contributed by atoms with van der Waals surface area (Å²) in [7, 11) is 1.85. The number of anilines is 1. The fourth-order valence-electron chi connectivity index (χ4n) is 1.91. The number of carbonyl (C=O) groups is 1. The fourth-order valence-corrected chi connectivity index (χ4v) is 1.91. The van der Waals surface area contributed by atoms with Gasteiger partial charge in [0.1, 0.15) is 6.33 Å². The summed E-state index contributed by atoms with van der Waals surface area (Å²) in [4.78, 5) is 12.3. The van der Waals surface area contributed by atoms with Gasteiger partial charge in [-0.05, 0) is 26.0 Å². The summed E-state index contributed by atoms with van der Waals surface area (Å²) in [5.41, 5.74) is 2.54. The third-order valence-electron chi connectivity index (χ3n) is 3.00. The van der Waals surface area contributed by atoms with Crippen LogP contribution in [-0.2, 0) is 13.6 Å². The zero-order chi connectivity index (χ0) is 14.5. The van der Waals surface area contributed by atoms with Crippen molar-refractivity contribution >= 4 is 11.6 Å². The first-order chi connectivity index (χ1) is 9.61. The van der Waals surface area contributed by atoms with E-state index in [0.29, 0.717) is 12.1 Å². The number of rotatable bonds is 5. The fraction of sp³-hybridized carbons (Fsp3) is 0.357. The molecule has 1 aromatic heterocycles. The van der Waals surface area contributed by atoms with Crippen molar-refractivity contribution in [1.82, 2.24) is 20.1 Å². The van der Waals surface area contributed by atoms with Gasteiger partial charge in [0, 0.05) is 19.3 Å². The predicted molar refractivity (Wildman–Crippen MR) is 77.5 cm³/mol. The molecule has 0 spiro atoms. The maximum atomic E-state index is 12.3. The van der Waals surface area contributed by atoms with Crippen LogP contribution >= 0.6 is 0 Å². The monoisotopic (exact) mass is 273 g/mol. The second-order valence-electron chi connectivity index (χ2n) is 4.62. The molecule has 1 amide bonds. The van der Waals surface area contributed by atoms with E-state index in [9.17, 15) is 4.79 Å². The van der Waals surface area contributed by atoms with Gasteiger partial charge in [0.25, 0.3) is 5.91 Å². The third kappa shape index (κ3) is 3.14. The van der Waals surface area contributed by atoms with Gasteiger partial charge in [0.15, 0.2) is 5.82 Å². The SMILES string of the molecule is CCNc1ccc(C)cc1C(=O)NCc1nncn1C. The van der Waals surface area contributed by atoms with E-state index in [2.05, 4.69) is 20.8 Å². The smallest absolute Gasteiger partial charge is 0.253 e. The van der Waals surface area contributed by atoms with Crippen molar-refractivity contribution in [3.05, 3.63) is 41.5 Å². The first-order valence-electron chi connectivity index (χ1n) is 6.57. The van der Waals surface area contributed by atoms with E-state index >= 15 is 0 Å². The van der Waals surface area contributed by atoms with Gasteiger partial charge in [-0.15, -0.1) is 10.2 Å². The number of aryl methyl sites for hydroxylation is 2. The first-order valence-corrected chi connectivity index (χ1v) is 6.57. The molecule has 2 aromatic rings. The Kier molecular flexibility index (Phi) is 4.34. The second kappa shape index (κ2) is 6.18. The largest absolute Gasteiger partial charge is 0.385 e. The Bertz CT molecular complexity index is 605. The molecule has 1 heterocycles. The van der Waals surface area contributed by atoms with E-state index in [4.69, 9.17) is 0 Å². The molecule has 106 valence electrons. The number of hydrogen-bond donors (Lipinski definition) is 2. The molecule has 0 aliphatic heterocycles. The molecule has 20 heavy (non-hydrogen) atoms. The first kappa shape index (κ1) is 14.0. The van der Waals surface area contributed by atoms with E-state index in [-0.39, 0.29) is 5.91 Å². The number of amides is 1. The van der Waals surface area contributed by atoms with E-state index in [0.717, 1.165) is 23.6 Å². The van der Waals surface area contributed by atoms with Gasteiger partial charge in [-0.3, -0.25) is 4.79 Å². The molecule has 0 atom stereocenters. The minimum Gasteiger partial charge on any atom is -0.385 e. The van der Waals surface area contributed by atoms with Gasteiger partial charge < -0.3 is 15.2 Å². The lowest BCUT2D eigenvalue weighted by molar-refractivity contribution is 0.0950. The van der Waals surface area contributed by atoms with Gasteiger partial charge in [-0.1, -0.05) is 11.6 Å². The number of nitrogens with zero attached hydrogens (tertiary/aromatic N) is 3. The molecule has 1 aromatic carbocycles. The Labute approximate surface area is 118 Å². The highest BCUT2D eigenvalue weighted by atomic mass is 16.1. The van der Waals surface area contributed by atoms with Crippen LogP contribution in [0, 0.1) is 6.92 Å². The van der Waals surface area contributed by atoms with Crippen LogP contribution < -0.4 is 10.6 Å². The Morgan fingerprint density at radius 3 is 2.85 bits per heavy atom. The molecular weight excluding hydrogens is 254 g/mol. The van der Waals surface area contributed by atoms with Gasteiger partial charge in [0.05, 0.1) is 12.1 Å². The highest BCUT2D eigenvalue weighted by Gasteiger charge is 2.12. The van der Waals surface area contributed by atoms with Crippen molar-refractivity contribution in [2.45, 2.75) is 20.4 Å². The van der Waals surface area contributed by atoms with Crippen molar-refractivity contribution in [3.63, 3.8) is 0 Å². The third-order valence-corrected chi connectivity index (χ3v) is 3.00. The molecule has 0 aliphatic carbocycles. The minimum atomic E-state index is -0.118. The number of nitrogens with one attached hydrogen (secondary N) is 2.